The lowest BCUT2D eigenvalue weighted by Crippen LogP contribution is -2.53. The molecule has 0 spiro atoms. The molecule has 1 heterocycles. The van der Waals surface area contributed by atoms with Crippen molar-refractivity contribution in [2.75, 3.05) is 6.54 Å². The predicted molar refractivity (Wildman–Crippen MR) is 102 cm³/mol. The summed E-state index contributed by atoms with van der Waals surface area (Å²) >= 11 is 0. The molecular weight excluding hydrogens is 338 g/mol. The number of aryl methyl sites for hydroxylation is 1. The van der Waals surface area contributed by atoms with E-state index in [9.17, 15) is 4.79 Å². The zero-order chi connectivity index (χ0) is 18.4. The Kier molecular flexibility index (Phi) is 4.06. The highest BCUT2D eigenvalue weighted by Crippen LogP contribution is 2.60. The molecule has 0 unspecified atom stereocenters. The fourth-order valence-electron chi connectivity index (χ4n) is 6.11. The standard InChI is InChI=1S/C22H27N3O2/c1-14-3-2-4-18(7-14)20-25-24-19(27-20)5-6-23-21(26)22-11-15-8-16(12-22)10-17(9-15)13-22/h2-4,7,15-17H,5-6,8-13H2,1H3,(H,23,26). The first-order valence-electron chi connectivity index (χ1n) is 10.3. The summed E-state index contributed by atoms with van der Waals surface area (Å²) in [5.74, 6) is 3.75. The number of aromatic nitrogens is 2. The Hall–Kier alpha value is -2.17. The molecule has 1 aromatic heterocycles. The van der Waals surface area contributed by atoms with Crippen LogP contribution in [0, 0.1) is 30.1 Å². The Morgan fingerprint density at radius 2 is 1.85 bits per heavy atom. The average Bonchev–Trinajstić information content (AvgIpc) is 3.09. The Morgan fingerprint density at radius 1 is 1.15 bits per heavy atom. The highest BCUT2D eigenvalue weighted by atomic mass is 16.4. The van der Waals surface area contributed by atoms with Crippen molar-refractivity contribution in [1.29, 1.82) is 0 Å². The third-order valence-electron chi connectivity index (χ3n) is 6.88. The van der Waals surface area contributed by atoms with Crippen molar-refractivity contribution >= 4 is 5.91 Å². The normalized spacial score (nSPS) is 31.2. The van der Waals surface area contributed by atoms with E-state index in [1.165, 1.54) is 19.3 Å². The van der Waals surface area contributed by atoms with Crippen LogP contribution in [0.15, 0.2) is 28.7 Å². The number of hydrogen-bond acceptors (Lipinski definition) is 4. The van der Waals surface area contributed by atoms with Crippen LogP contribution in [0.3, 0.4) is 0 Å². The first-order chi connectivity index (χ1) is 13.1. The van der Waals surface area contributed by atoms with Gasteiger partial charge < -0.3 is 9.73 Å². The van der Waals surface area contributed by atoms with Crippen molar-refractivity contribution in [2.24, 2.45) is 23.2 Å². The average molecular weight is 365 g/mol. The molecule has 0 atom stereocenters. The topological polar surface area (TPSA) is 68.0 Å². The van der Waals surface area contributed by atoms with E-state index >= 15 is 0 Å². The summed E-state index contributed by atoms with van der Waals surface area (Å²) in [6.45, 7) is 2.61. The molecule has 4 aliphatic carbocycles. The monoisotopic (exact) mass is 365 g/mol. The van der Waals surface area contributed by atoms with Gasteiger partial charge in [-0.1, -0.05) is 17.7 Å². The molecule has 0 aliphatic heterocycles. The summed E-state index contributed by atoms with van der Waals surface area (Å²) in [6, 6.07) is 8.03. The van der Waals surface area contributed by atoms with Crippen LogP contribution < -0.4 is 5.32 Å². The minimum Gasteiger partial charge on any atom is -0.421 e. The molecule has 2 aromatic rings. The molecule has 5 nitrogen and oxygen atoms in total. The number of benzene rings is 1. The Balaban J connectivity index is 1.19. The van der Waals surface area contributed by atoms with E-state index in [0.29, 0.717) is 24.7 Å². The van der Waals surface area contributed by atoms with Gasteiger partial charge in [0.25, 0.3) is 0 Å². The quantitative estimate of drug-likeness (QED) is 0.872. The molecule has 0 saturated heterocycles. The van der Waals surface area contributed by atoms with Crippen molar-refractivity contribution in [3.63, 3.8) is 0 Å². The van der Waals surface area contributed by atoms with E-state index in [1.54, 1.807) is 0 Å². The predicted octanol–water partition coefficient (Wildman–Crippen LogP) is 3.92. The fourth-order valence-corrected chi connectivity index (χ4v) is 6.11. The van der Waals surface area contributed by atoms with Crippen LogP contribution in [0.25, 0.3) is 11.5 Å². The first-order valence-corrected chi connectivity index (χ1v) is 10.3. The summed E-state index contributed by atoms with van der Waals surface area (Å²) in [5, 5.41) is 11.5. The van der Waals surface area contributed by atoms with Gasteiger partial charge in [-0.05, 0) is 75.3 Å². The van der Waals surface area contributed by atoms with Crippen molar-refractivity contribution in [3.8, 4) is 11.5 Å². The number of hydrogen-bond donors (Lipinski definition) is 1. The SMILES string of the molecule is Cc1cccc(-c2nnc(CCNC(=O)C34CC5CC(CC(C5)C3)C4)o2)c1. The lowest BCUT2D eigenvalue weighted by Gasteiger charge is -2.55. The van der Waals surface area contributed by atoms with Crippen LogP contribution in [0.1, 0.15) is 50.0 Å². The number of nitrogens with zero attached hydrogens (tertiary/aromatic N) is 2. The second-order valence-corrected chi connectivity index (χ2v) is 9.07. The second kappa shape index (κ2) is 6.47. The summed E-state index contributed by atoms with van der Waals surface area (Å²) in [7, 11) is 0. The maximum absolute atomic E-state index is 13.0. The fraction of sp³-hybridized carbons (Fsp3) is 0.591. The second-order valence-electron chi connectivity index (χ2n) is 9.07. The van der Waals surface area contributed by atoms with Gasteiger partial charge in [-0.15, -0.1) is 10.2 Å². The molecule has 6 rings (SSSR count). The summed E-state index contributed by atoms with van der Waals surface area (Å²) < 4.78 is 5.78. The lowest BCUT2D eigenvalue weighted by atomic mass is 9.49. The number of rotatable bonds is 5. The molecule has 4 aliphatic rings. The summed E-state index contributed by atoms with van der Waals surface area (Å²) in [5.41, 5.74) is 2.01. The van der Waals surface area contributed by atoms with Gasteiger partial charge in [0.2, 0.25) is 17.7 Å². The number of amides is 1. The third-order valence-corrected chi connectivity index (χ3v) is 6.88. The molecular formula is C22H27N3O2. The largest absolute Gasteiger partial charge is 0.421 e. The molecule has 4 fully saturated rings. The number of nitrogens with one attached hydrogen (secondary N) is 1. The smallest absolute Gasteiger partial charge is 0.247 e. The van der Waals surface area contributed by atoms with Crippen LogP contribution in [-0.2, 0) is 11.2 Å². The zero-order valence-electron chi connectivity index (χ0n) is 15.9. The maximum Gasteiger partial charge on any atom is 0.247 e. The van der Waals surface area contributed by atoms with Gasteiger partial charge >= 0.3 is 0 Å². The van der Waals surface area contributed by atoms with Gasteiger partial charge in [0.15, 0.2) is 0 Å². The van der Waals surface area contributed by atoms with Crippen molar-refractivity contribution in [1.82, 2.24) is 15.5 Å². The Morgan fingerprint density at radius 3 is 2.52 bits per heavy atom. The molecule has 4 bridgehead atoms. The van der Waals surface area contributed by atoms with Crippen LogP contribution in [0.4, 0.5) is 0 Å². The minimum absolute atomic E-state index is 0.0870. The van der Waals surface area contributed by atoms with Gasteiger partial charge in [0.05, 0.1) is 0 Å². The van der Waals surface area contributed by atoms with Crippen LogP contribution in [0.5, 0.6) is 0 Å². The Labute approximate surface area is 159 Å². The molecule has 1 amide bonds. The highest BCUT2D eigenvalue weighted by Gasteiger charge is 2.54. The van der Waals surface area contributed by atoms with E-state index in [-0.39, 0.29) is 11.3 Å². The van der Waals surface area contributed by atoms with E-state index in [0.717, 1.165) is 48.1 Å². The van der Waals surface area contributed by atoms with Gasteiger partial charge in [-0.2, -0.15) is 0 Å². The maximum atomic E-state index is 13.0. The van der Waals surface area contributed by atoms with Gasteiger partial charge in [0, 0.05) is 23.9 Å². The van der Waals surface area contributed by atoms with Crippen LogP contribution >= 0.6 is 0 Å². The number of carbonyl (C=O) groups is 1. The van der Waals surface area contributed by atoms with E-state index in [1.807, 2.05) is 31.2 Å². The Bertz CT molecular complexity index is 821. The van der Waals surface area contributed by atoms with Gasteiger partial charge in [-0.3, -0.25) is 4.79 Å². The number of carbonyl (C=O) groups excluding carboxylic acids is 1. The minimum atomic E-state index is -0.0870. The first kappa shape index (κ1) is 17.0. The van der Waals surface area contributed by atoms with Crippen molar-refractivity contribution in [3.05, 3.63) is 35.7 Å². The molecule has 142 valence electrons. The lowest BCUT2D eigenvalue weighted by molar-refractivity contribution is -0.146. The third kappa shape index (κ3) is 3.17. The zero-order valence-corrected chi connectivity index (χ0v) is 15.9. The molecule has 27 heavy (non-hydrogen) atoms. The van der Waals surface area contributed by atoms with Gasteiger partial charge in [0.1, 0.15) is 0 Å². The summed E-state index contributed by atoms with van der Waals surface area (Å²) in [6.07, 6.45) is 7.95. The van der Waals surface area contributed by atoms with Crippen molar-refractivity contribution < 1.29 is 9.21 Å². The van der Waals surface area contributed by atoms with Crippen molar-refractivity contribution in [2.45, 2.75) is 51.9 Å². The van der Waals surface area contributed by atoms with Gasteiger partial charge in [-0.25, -0.2) is 0 Å². The highest BCUT2D eigenvalue weighted by molar-refractivity contribution is 5.83. The summed E-state index contributed by atoms with van der Waals surface area (Å²) in [4.78, 5) is 13.0. The molecule has 1 N–H and O–H groups in total. The van der Waals surface area contributed by atoms with Crippen LogP contribution in [-0.4, -0.2) is 22.6 Å². The molecule has 4 saturated carbocycles. The molecule has 1 aromatic carbocycles. The van der Waals surface area contributed by atoms with Crippen LogP contribution in [0.2, 0.25) is 0 Å². The molecule has 0 radical (unpaired) electrons. The molecule has 5 heteroatoms. The van der Waals surface area contributed by atoms with E-state index in [4.69, 9.17) is 4.42 Å². The van der Waals surface area contributed by atoms with E-state index in [2.05, 4.69) is 15.5 Å². The van der Waals surface area contributed by atoms with E-state index < -0.39 is 0 Å².